The Morgan fingerprint density at radius 3 is 2.55 bits per heavy atom. The number of halogens is 1. The van der Waals surface area contributed by atoms with Crippen molar-refractivity contribution in [3.63, 3.8) is 0 Å². The van der Waals surface area contributed by atoms with E-state index in [-0.39, 0.29) is 5.82 Å². The van der Waals surface area contributed by atoms with E-state index in [0.717, 1.165) is 17.1 Å². The van der Waals surface area contributed by atoms with Crippen LogP contribution in [0.4, 0.5) is 4.39 Å². The molecule has 0 bridgehead atoms. The van der Waals surface area contributed by atoms with Crippen molar-refractivity contribution in [1.82, 2.24) is 15.6 Å². The highest BCUT2D eigenvalue weighted by Crippen LogP contribution is 2.23. The highest BCUT2D eigenvalue weighted by molar-refractivity contribution is 5.79. The second kappa shape index (κ2) is 11.4. The Labute approximate surface area is 180 Å². The molecule has 0 fully saturated rings. The first kappa shape index (κ1) is 21.9. The van der Waals surface area contributed by atoms with Crippen molar-refractivity contribution >= 4 is 5.96 Å². The number of hydrogen-bond donors (Lipinski definition) is 2. The lowest BCUT2D eigenvalue weighted by Gasteiger charge is -2.14. The zero-order valence-electron chi connectivity index (χ0n) is 17.5. The number of benzene rings is 2. The summed E-state index contributed by atoms with van der Waals surface area (Å²) in [5.74, 6) is 2.58. The average Bonchev–Trinajstić information content (AvgIpc) is 2.80. The summed E-state index contributed by atoms with van der Waals surface area (Å²) in [6.45, 7) is 1.46. The van der Waals surface area contributed by atoms with Crippen LogP contribution >= 0.6 is 0 Å². The van der Waals surface area contributed by atoms with Gasteiger partial charge in [-0.25, -0.2) is 9.37 Å². The normalized spacial score (nSPS) is 11.0. The van der Waals surface area contributed by atoms with Crippen molar-refractivity contribution in [1.29, 1.82) is 0 Å². The Morgan fingerprint density at radius 1 is 1.00 bits per heavy atom. The van der Waals surface area contributed by atoms with E-state index in [1.807, 2.05) is 36.4 Å². The van der Waals surface area contributed by atoms with Gasteiger partial charge in [0, 0.05) is 31.4 Å². The van der Waals surface area contributed by atoms with Crippen LogP contribution in [0.1, 0.15) is 5.56 Å². The molecule has 162 valence electrons. The van der Waals surface area contributed by atoms with Crippen LogP contribution < -0.4 is 24.8 Å². The van der Waals surface area contributed by atoms with E-state index in [2.05, 4.69) is 20.6 Å². The monoisotopic (exact) mass is 424 g/mol. The molecule has 1 aromatic heterocycles. The Morgan fingerprint density at radius 2 is 1.81 bits per heavy atom. The van der Waals surface area contributed by atoms with Gasteiger partial charge in [-0.2, -0.15) is 0 Å². The van der Waals surface area contributed by atoms with E-state index < -0.39 is 0 Å². The molecule has 31 heavy (non-hydrogen) atoms. The molecule has 0 radical (unpaired) electrons. The number of pyridine rings is 1. The van der Waals surface area contributed by atoms with Crippen molar-refractivity contribution < 1.29 is 18.6 Å². The van der Waals surface area contributed by atoms with Crippen LogP contribution in [-0.2, 0) is 6.54 Å². The molecule has 3 rings (SSSR count). The molecular weight excluding hydrogens is 399 g/mol. The van der Waals surface area contributed by atoms with Gasteiger partial charge in [0.2, 0.25) is 5.88 Å². The van der Waals surface area contributed by atoms with E-state index in [0.29, 0.717) is 37.3 Å². The van der Waals surface area contributed by atoms with Gasteiger partial charge in [0.25, 0.3) is 0 Å². The van der Waals surface area contributed by atoms with E-state index in [1.165, 1.54) is 12.1 Å². The Bertz CT molecular complexity index is 996. The smallest absolute Gasteiger partial charge is 0.224 e. The van der Waals surface area contributed by atoms with Crippen LogP contribution in [0.25, 0.3) is 0 Å². The molecule has 0 aliphatic carbocycles. The van der Waals surface area contributed by atoms with E-state index in [4.69, 9.17) is 14.2 Å². The minimum absolute atomic E-state index is 0.366. The summed E-state index contributed by atoms with van der Waals surface area (Å²) in [6, 6.07) is 17.0. The number of ether oxygens (including phenoxy) is 3. The predicted molar refractivity (Wildman–Crippen MR) is 117 cm³/mol. The molecule has 3 aromatic rings. The first-order valence-electron chi connectivity index (χ1n) is 9.76. The summed E-state index contributed by atoms with van der Waals surface area (Å²) in [6.07, 6.45) is 1.63. The quantitative estimate of drug-likeness (QED) is 0.309. The molecule has 0 aliphatic rings. The fourth-order valence-electron chi connectivity index (χ4n) is 2.70. The summed E-state index contributed by atoms with van der Waals surface area (Å²) in [5, 5.41) is 6.40. The minimum Gasteiger partial charge on any atom is -0.497 e. The lowest BCUT2D eigenvalue weighted by molar-refractivity contribution is 0.321. The molecule has 1 heterocycles. The Hall–Kier alpha value is -3.81. The van der Waals surface area contributed by atoms with Crippen molar-refractivity contribution in [2.24, 2.45) is 4.99 Å². The molecule has 0 saturated heterocycles. The summed E-state index contributed by atoms with van der Waals surface area (Å²) < 4.78 is 30.0. The zero-order valence-corrected chi connectivity index (χ0v) is 17.5. The topological polar surface area (TPSA) is 77.0 Å². The first-order valence-corrected chi connectivity index (χ1v) is 9.76. The predicted octanol–water partition coefficient (Wildman–Crippen LogP) is 3.77. The summed E-state index contributed by atoms with van der Waals surface area (Å²) in [5.41, 5.74) is 0.809. The molecule has 0 saturated carbocycles. The van der Waals surface area contributed by atoms with Gasteiger partial charge in [0.05, 0.1) is 13.7 Å². The van der Waals surface area contributed by atoms with Gasteiger partial charge < -0.3 is 24.8 Å². The largest absolute Gasteiger partial charge is 0.497 e. The van der Waals surface area contributed by atoms with Crippen molar-refractivity contribution in [3.05, 3.63) is 78.2 Å². The Balaban J connectivity index is 1.48. The van der Waals surface area contributed by atoms with E-state index in [1.54, 1.807) is 32.5 Å². The zero-order chi connectivity index (χ0) is 21.9. The van der Waals surface area contributed by atoms with Crippen molar-refractivity contribution in [3.8, 4) is 23.1 Å². The number of nitrogens with one attached hydrogen (secondary N) is 2. The maximum Gasteiger partial charge on any atom is 0.224 e. The molecule has 2 N–H and O–H groups in total. The van der Waals surface area contributed by atoms with Crippen LogP contribution in [0.3, 0.4) is 0 Å². The summed E-state index contributed by atoms with van der Waals surface area (Å²) in [7, 11) is 3.31. The summed E-state index contributed by atoms with van der Waals surface area (Å²) in [4.78, 5) is 8.46. The molecule has 0 aliphatic heterocycles. The molecule has 2 aromatic carbocycles. The minimum atomic E-state index is -0.366. The van der Waals surface area contributed by atoms with Gasteiger partial charge in [-0.1, -0.05) is 12.1 Å². The molecule has 0 amide bonds. The molecule has 7 nitrogen and oxygen atoms in total. The molecule has 8 heteroatoms. The van der Waals surface area contributed by atoms with E-state index in [9.17, 15) is 4.39 Å². The highest BCUT2D eigenvalue weighted by Gasteiger charge is 2.08. The van der Waals surface area contributed by atoms with Crippen LogP contribution in [0.2, 0.25) is 0 Å². The van der Waals surface area contributed by atoms with Crippen LogP contribution in [0, 0.1) is 5.82 Å². The molecule has 0 unspecified atom stereocenters. The molecule has 0 atom stereocenters. The third-order valence-electron chi connectivity index (χ3n) is 4.25. The van der Waals surface area contributed by atoms with Crippen molar-refractivity contribution in [2.75, 3.05) is 27.3 Å². The maximum atomic E-state index is 13.4. The Kier molecular flexibility index (Phi) is 8.05. The lowest BCUT2D eigenvalue weighted by atomic mass is 10.2. The standard InChI is InChI=1S/C23H25FN4O3/c1-25-23(27-13-14-30-20-10-8-19(29-2)9-11-20)28-16-17-5-4-12-26-22(17)31-21-7-3-6-18(24)15-21/h3-12,15H,13-14,16H2,1-2H3,(H2,25,27,28). The fourth-order valence-corrected chi connectivity index (χ4v) is 2.70. The van der Waals surface area contributed by atoms with Crippen molar-refractivity contribution in [2.45, 2.75) is 6.54 Å². The number of methoxy groups -OCH3 is 1. The van der Waals surface area contributed by atoms with Crippen LogP contribution in [0.5, 0.6) is 23.1 Å². The molecular formula is C23H25FN4O3. The third-order valence-corrected chi connectivity index (χ3v) is 4.25. The highest BCUT2D eigenvalue weighted by atomic mass is 19.1. The van der Waals surface area contributed by atoms with Gasteiger partial charge in [-0.05, 0) is 42.5 Å². The number of aliphatic imine (C=N–C) groups is 1. The average molecular weight is 424 g/mol. The van der Waals surface area contributed by atoms with E-state index >= 15 is 0 Å². The first-order chi connectivity index (χ1) is 15.2. The second-order valence-electron chi connectivity index (χ2n) is 6.40. The lowest BCUT2D eigenvalue weighted by Crippen LogP contribution is -2.38. The van der Waals surface area contributed by atoms with Gasteiger partial charge in [-0.3, -0.25) is 4.99 Å². The maximum absolute atomic E-state index is 13.4. The van der Waals surface area contributed by atoms with Gasteiger partial charge >= 0.3 is 0 Å². The number of guanidine groups is 1. The van der Waals surface area contributed by atoms with Gasteiger partial charge in [-0.15, -0.1) is 0 Å². The van der Waals surface area contributed by atoms with Crippen LogP contribution in [0.15, 0.2) is 71.9 Å². The number of hydrogen-bond acceptors (Lipinski definition) is 5. The SMILES string of the molecule is CN=C(NCCOc1ccc(OC)cc1)NCc1cccnc1Oc1cccc(F)c1. The van der Waals surface area contributed by atoms with Gasteiger partial charge in [0.1, 0.15) is 29.7 Å². The third kappa shape index (κ3) is 6.88. The summed E-state index contributed by atoms with van der Waals surface area (Å²) >= 11 is 0. The number of aromatic nitrogens is 1. The van der Waals surface area contributed by atoms with Gasteiger partial charge in [0.15, 0.2) is 5.96 Å². The second-order valence-corrected chi connectivity index (χ2v) is 6.40. The fraction of sp³-hybridized carbons (Fsp3) is 0.217. The number of nitrogens with zero attached hydrogens (tertiary/aromatic N) is 2. The number of rotatable bonds is 9. The van der Waals surface area contributed by atoms with Crippen LogP contribution in [-0.4, -0.2) is 38.3 Å². The molecule has 0 spiro atoms.